The Bertz CT molecular complexity index is 450. The van der Waals surface area contributed by atoms with E-state index >= 15 is 0 Å². The maximum absolute atomic E-state index is 11.8. The van der Waals surface area contributed by atoms with Crippen molar-refractivity contribution in [3.8, 4) is 0 Å². The summed E-state index contributed by atoms with van der Waals surface area (Å²) >= 11 is 1.59. The minimum atomic E-state index is -3.19. The van der Waals surface area contributed by atoms with Gasteiger partial charge >= 0.3 is 0 Å². The van der Waals surface area contributed by atoms with E-state index in [1.807, 2.05) is 17.5 Å². The van der Waals surface area contributed by atoms with Crippen molar-refractivity contribution < 1.29 is 8.42 Å². The number of sulfonamides is 1. The molecule has 1 aliphatic carbocycles. The molecule has 0 bridgehead atoms. The van der Waals surface area contributed by atoms with Crippen molar-refractivity contribution in [3.05, 3.63) is 22.4 Å². The predicted octanol–water partition coefficient (Wildman–Crippen LogP) is 1.09. The molecule has 0 amide bonds. The number of thiophene rings is 1. The van der Waals surface area contributed by atoms with Gasteiger partial charge < -0.3 is 5.73 Å². The van der Waals surface area contributed by atoms with Crippen LogP contribution >= 0.6 is 11.3 Å². The average Bonchev–Trinajstić information content (AvgIpc) is 2.74. The van der Waals surface area contributed by atoms with Gasteiger partial charge in [0, 0.05) is 17.0 Å². The largest absolute Gasteiger partial charge is 0.324 e. The van der Waals surface area contributed by atoms with Crippen molar-refractivity contribution in [3.63, 3.8) is 0 Å². The third-order valence-corrected chi connectivity index (χ3v) is 5.45. The van der Waals surface area contributed by atoms with Gasteiger partial charge in [-0.2, -0.15) is 0 Å². The number of nitrogens with two attached hydrogens (primary N) is 1. The van der Waals surface area contributed by atoms with Gasteiger partial charge in [0.05, 0.1) is 5.75 Å². The molecule has 1 fully saturated rings. The highest BCUT2D eigenvalue weighted by Crippen LogP contribution is 2.28. The first-order valence-electron chi connectivity index (χ1n) is 5.78. The summed E-state index contributed by atoms with van der Waals surface area (Å²) in [6.07, 6.45) is 3.51. The highest BCUT2D eigenvalue weighted by atomic mass is 32.2. The fraction of sp³-hybridized carbons (Fsp3) is 0.636. The zero-order valence-electron chi connectivity index (χ0n) is 9.69. The molecule has 0 atom stereocenters. The quantitative estimate of drug-likeness (QED) is 0.815. The second kappa shape index (κ2) is 5.06. The molecule has 0 aromatic carbocycles. The van der Waals surface area contributed by atoms with E-state index in [0.717, 1.165) is 24.1 Å². The molecule has 0 unspecified atom stereocenters. The third-order valence-electron chi connectivity index (χ3n) is 3.19. The molecule has 1 saturated carbocycles. The summed E-state index contributed by atoms with van der Waals surface area (Å²) < 4.78 is 26.1. The van der Waals surface area contributed by atoms with E-state index in [9.17, 15) is 8.42 Å². The number of rotatable bonds is 6. The average molecular weight is 274 g/mol. The lowest BCUT2D eigenvalue weighted by Gasteiger charge is -2.38. The van der Waals surface area contributed by atoms with Crippen LogP contribution in [0.3, 0.4) is 0 Å². The lowest BCUT2D eigenvalue weighted by molar-refractivity contribution is 0.251. The Morgan fingerprint density at radius 3 is 2.76 bits per heavy atom. The van der Waals surface area contributed by atoms with Gasteiger partial charge in [0.2, 0.25) is 10.0 Å². The normalized spacial score (nSPS) is 18.9. The molecular formula is C11H18N2O2S2. The van der Waals surface area contributed by atoms with E-state index in [1.165, 1.54) is 0 Å². The van der Waals surface area contributed by atoms with Gasteiger partial charge in [0.25, 0.3) is 0 Å². The summed E-state index contributed by atoms with van der Waals surface area (Å²) in [6, 6.07) is 3.89. The minimum Gasteiger partial charge on any atom is -0.324 e. The van der Waals surface area contributed by atoms with Crippen molar-refractivity contribution in [2.24, 2.45) is 5.73 Å². The van der Waals surface area contributed by atoms with Crippen LogP contribution in [0.4, 0.5) is 0 Å². The predicted molar refractivity (Wildman–Crippen MR) is 70.6 cm³/mol. The van der Waals surface area contributed by atoms with Crippen LogP contribution in [0.25, 0.3) is 0 Å². The summed E-state index contributed by atoms with van der Waals surface area (Å²) in [5, 5.41) is 1.96. The number of hydrogen-bond donors (Lipinski definition) is 2. The van der Waals surface area contributed by atoms with Crippen molar-refractivity contribution >= 4 is 21.4 Å². The highest BCUT2D eigenvalue weighted by Gasteiger charge is 2.33. The van der Waals surface area contributed by atoms with Crippen LogP contribution in [-0.2, 0) is 16.4 Å². The Hall–Kier alpha value is -0.430. The summed E-state index contributed by atoms with van der Waals surface area (Å²) in [7, 11) is -3.19. The van der Waals surface area contributed by atoms with Crippen molar-refractivity contribution in [2.75, 3.05) is 12.3 Å². The molecule has 17 heavy (non-hydrogen) atoms. The molecule has 0 saturated heterocycles. The Balaban J connectivity index is 1.78. The molecule has 1 heterocycles. The smallest absolute Gasteiger partial charge is 0.212 e. The first-order valence-corrected chi connectivity index (χ1v) is 8.31. The molecule has 0 aliphatic heterocycles. The van der Waals surface area contributed by atoms with Crippen LogP contribution < -0.4 is 10.5 Å². The molecule has 4 nitrogen and oxygen atoms in total. The summed E-state index contributed by atoms with van der Waals surface area (Å²) in [5.74, 6) is 0.142. The second-order valence-corrected chi connectivity index (χ2v) is 7.64. The van der Waals surface area contributed by atoms with E-state index in [0.29, 0.717) is 13.0 Å². The van der Waals surface area contributed by atoms with Crippen LogP contribution in [0.15, 0.2) is 17.5 Å². The summed E-state index contributed by atoms with van der Waals surface area (Å²) in [6.45, 7) is 0.375. The molecule has 1 aromatic rings. The van der Waals surface area contributed by atoms with Gasteiger partial charge in [-0.1, -0.05) is 6.07 Å². The van der Waals surface area contributed by atoms with E-state index in [-0.39, 0.29) is 11.3 Å². The number of hydrogen-bond acceptors (Lipinski definition) is 4. The van der Waals surface area contributed by atoms with Gasteiger partial charge in [0.15, 0.2) is 0 Å². The van der Waals surface area contributed by atoms with Crippen LogP contribution in [0, 0.1) is 0 Å². The Morgan fingerprint density at radius 2 is 2.24 bits per heavy atom. The fourth-order valence-electron chi connectivity index (χ4n) is 1.82. The SMILES string of the molecule is NC1(CNS(=O)(=O)CCc2cccs2)CCC1. The van der Waals surface area contributed by atoms with Gasteiger partial charge in [-0.15, -0.1) is 11.3 Å². The van der Waals surface area contributed by atoms with E-state index in [2.05, 4.69) is 4.72 Å². The van der Waals surface area contributed by atoms with Crippen LogP contribution in [0.2, 0.25) is 0 Å². The highest BCUT2D eigenvalue weighted by molar-refractivity contribution is 7.89. The molecule has 1 aliphatic rings. The minimum absolute atomic E-state index is 0.142. The lowest BCUT2D eigenvalue weighted by atomic mass is 9.78. The topological polar surface area (TPSA) is 72.2 Å². The molecule has 0 spiro atoms. The Labute approximate surface area is 106 Å². The molecule has 2 rings (SSSR count). The van der Waals surface area contributed by atoms with Crippen molar-refractivity contribution in [1.29, 1.82) is 0 Å². The van der Waals surface area contributed by atoms with E-state index in [1.54, 1.807) is 11.3 Å². The van der Waals surface area contributed by atoms with Gasteiger partial charge in [-0.05, 0) is 37.1 Å². The molecule has 3 N–H and O–H groups in total. The lowest BCUT2D eigenvalue weighted by Crippen LogP contribution is -2.55. The summed E-state index contributed by atoms with van der Waals surface area (Å²) in [4.78, 5) is 1.10. The monoisotopic (exact) mass is 274 g/mol. The Morgan fingerprint density at radius 1 is 1.47 bits per heavy atom. The molecule has 0 radical (unpaired) electrons. The molecule has 96 valence electrons. The van der Waals surface area contributed by atoms with Gasteiger partial charge in [-0.3, -0.25) is 0 Å². The van der Waals surface area contributed by atoms with Gasteiger partial charge in [-0.25, -0.2) is 13.1 Å². The second-order valence-electron chi connectivity index (χ2n) is 4.69. The van der Waals surface area contributed by atoms with E-state index < -0.39 is 10.0 Å². The molecule has 6 heteroatoms. The zero-order valence-corrected chi connectivity index (χ0v) is 11.3. The van der Waals surface area contributed by atoms with Gasteiger partial charge in [0.1, 0.15) is 0 Å². The van der Waals surface area contributed by atoms with Crippen molar-refractivity contribution in [2.45, 2.75) is 31.2 Å². The number of nitrogens with one attached hydrogen (secondary N) is 1. The summed E-state index contributed by atoms with van der Waals surface area (Å²) in [5.41, 5.74) is 5.68. The fourth-order valence-corrected chi connectivity index (χ4v) is 3.80. The first-order chi connectivity index (χ1) is 7.99. The van der Waals surface area contributed by atoms with Crippen molar-refractivity contribution in [1.82, 2.24) is 4.72 Å². The van der Waals surface area contributed by atoms with Crippen LogP contribution in [0.5, 0.6) is 0 Å². The maximum Gasteiger partial charge on any atom is 0.212 e. The number of aryl methyl sites for hydroxylation is 1. The molecule has 1 aromatic heterocycles. The van der Waals surface area contributed by atoms with Crippen LogP contribution in [0.1, 0.15) is 24.1 Å². The maximum atomic E-state index is 11.8. The van der Waals surface area contributed by atoms with Crippen LogP contribution in [-0.4, -0.2) is 26.3 Å². The Kier molecular flexibility index (Phi) is 3.87. The zero-order chi connectivity index (χ0) is 12.4. The standard InChI is InChI=1S/C11H18N2O2S2/c12-11(5-2-6-11)9-13-17(14,15)8-4-10-3-1-7-16-10/h1,3,7,13H,2,4-6,8-9,12H2. The first kappa shape index (κ1) is 13.0. The third kappa shape index (κ3) is 3.77. The van der Waals surface area contributed by atoms with E-state index in [4.69, 9.17) is 5.73 Å². The molecular weight excluding hydrogens is 256 g/mol.